The molecule has 1 amide bonds. The quantitative estimate of drug-likeness (QED) is 0.828. The van der Waals surface area contributed by atoms with Gasteiger partial charge in [0.05, 0.1) is 13.5 Å². The van der Waals surface area contributed by atoms with E-state index in [9.17, 15) is 4.79 Å². The first kappa shape index (κ1) is 14.3. The fourth-order valence-corrected chi connectivity index (χ4v) is 2.11. The molecule has 0 aliphatic carbocycles. The van der Waals surface area contributed by atoms with Crippen LogP contribution in [0.1, 0.15) is 12.7 Å². The van der Waals surface area contributed by atoms with Crippen molar-refractivity contribution in [2.75, 3.05) is 12.4 Å². The van der Waals surface area contributed by atoms with Crippen molar-refractivity contribution in [3.05, 3.63) is 34.9 Å². The summed E-state index contributed by atoms with van der Waals surface area (Å²) in [5.74, 6) is 1.23. The predicted molar refractivity (Wildman–Crippen MR) is 78.4 cm³/mol. The highest BCUT2D eigenvalue weighted by Crippen LogP contribution is 2.15. The Morgan fingerprint density at radius 3 is 2.75 bits per heavy atom. The van der Waals surface area contributed by atoms with Crippen molar-refractivity contribution in [3.63, 3.8) is 0 Å². The lowest BCUT2D eigenvalue weighted by atomic mass is 10.3. The van der Waals surface area contributed by atoms with E-state index in [-0.39, 0.29) is 12.3 Å². The van der Waals surface area contributed by atoms with Crippen LogP contribution in [-0.4, -0.2) is 27.8 Å². The smallest absolute Gasteiger partial charge is 0.232 e. The number of methoxy groups -OCH3 is 1. The number of hydrogen-bond acceptors (Lipinski definition) is 4. The number of rotatable bonds is 5. The Balaban J connectivity index is 2.03. The molecule has 1 aromatic heterocycles. The van der Waals surface area contributed by atoms with Crippen LogP contribution in [0.4, 0.5) is 5.69 Å². The minimum absolute atomic E-state index is 0.140. The monoisotopic (exact) mass is 292 g/mol. The molecule has 0 saturated heterocycles. The Hall–Kier alpha value is -2.15. The third-order valence-electron chi connectivity index (χ3n) is 2.85. The van der Waals surface area contributed by atoms with Crippen LogP contribution in [-0.2, 0) is 17.8 Å². The van der Waals surface area contributed by atoms with Gasteiger partial charge in [0, 0.05) is 12.2 Å². The van der Waals surface area contributed by atoms with Crippen molar-refractivity contribution >= 4 is 23.8 Å². The molecule has 0 saturated carbocycles. The zero-order valence-corrected chi connectivity index (χ0v) is 12.2. The van der Waals surface area contributed by atoms with Gasteiger partial charge in [-0.3, -0.25) is 9.89 Å². The van der Waals surface area contributed by atoms with Gasteiger partial charge in [-0.05, 0) is 43.4 Å². The van der Waals surface area contributed by atoms with Gasteiger partial charge in [0.25, 0.3) is 0 Å². The zero-order chi connectivity index (χ0) is 14.5. The van der Waals surface area contributed by atoms with E-state index in [2.05, 4.69) is 15.5 Å². The minimum atomic E-state index is -0.140. The summed E-state index contributed by atoms with van der Waals surface area (Å²) >= 11 is 5.08. The Labute approximate surface area is 121 Å². The minimum Gasteiger partial charge on any atom is -0.497 e. The van der Waals surface area contributed by atoms with Crippen LogP contribution in [0.2, 0.25) is 0 Å². The number of aromatic amines is 1. The highest BCUT2D eigenvalue weighted by molar-refractivity contribution is 7.71. The Morgan fingerprint density at radius 1 is 1.45 bits per heavy atom. The predicted octanol–water partition coefficient (Wildman–Crippen LogP) is 2.15. The zero-order valence-electron chi connectivity index (χ0n) is 11.3. The number of amides is 1. The van der Waals surface area contributed by atoms with Crippen molar-refractivity contribution in [1.82, 2.24) is 14.8 Å². The van der Waals surface area contributed by atoms with Gasteiger partial charge >= 0.3 is 0 Å². The van der Waals surface area contributed by atoms with Crippen LogP contribution < -0.4 is 10.1 Å². The number of hydrogen-bond donors (Lipinski definition) is 2. The molecule has 2 N–H and O–H groups in total. The number of aromatic nitrogens is 3. The second-order valence-corrected chi connectivity index (χ2v) is 4.53. The third kappa shape index (κ3) is 3.24. The molecule has 2 aromatic rings. The standard InChI is InChI=1S/C13H16N4O2S/c1-3-17-11(15-16-13(17)20)8-12(18)14-9-4-6-10(19-2)7-5-9/h4-7H,3,8H2,1-2H3,(H,14,18)(H,16,20). The molecule has 7 heteroatoms. The largest absolute Gasteiger partial charge is 0.497 e. The first-order valence-electron chi connectivity index (χ1n) is 6.22. The van der Waals surface area contributed by atoms with E-state index in [1.807, 2.05) is 6.92 Å². The van der Waals surface area contributed by atoms with E-state index in [0.717, 1.165) is 5.75 Å². The molecule has 0 bridgehead atoms. The van der Waals surface area contributed by atoms with E-state index in [1.165, 1.54) is 0 Å². The maximum Gasteiger partial charge on any atom is 0.232 e. The lowest BCUT2D eigenvalue weighted by molar-refractivity contribution is -0.115. The molecule has 0 fully saturated rings. The average molecular weight is 292 g/mol. The summed E-state index contributed by atoms with van der Waals surface area (Å²) in [5, 5.41) is 9.56. The summed E-state index contributed by atoms with van der Waals surface area (Å²) in [7, 11) is 1.60. The Bertz CT molecular complexity index is 645. The first-order valence-corrected chi connectivity index (χ1v) is 6.63. The second kappa shape index (κ2) is 6.33. The first-order chi connectivity index (χ1) is 9.63. The molecule has 0 aliphatic heterocycles. The summed E-state index contributed by atoms with van der Waals surface area (Å²) in [5.41, 5.74) is 0.716. The van der Waals surface area contributed by atoms with Crippen molar-refractivity contribution < 1.29 is 9.53 Å². The number of carbonyl (C=O) groups excluding carboxylic acids is 1. The number of anilines is 1. The summed E-state index contributed by atoms with van der Waals surface area (Å²) in [6.07, 6.45) is 0.174. The van der Waals surface area contributed by atoms with Gasteiger partial charge in [-0.15, -0.1) is 0 Å². The van der Waals surface area contributed by atoms with Crippen LogP contribution in [0.5, 0.6) is 5.75 Å². The number of nitrogens with one attached hydrogen (secondary N) is 2. The molecule has 6 nitrogen and oxygen atoms in total. The fraction of sp³-hybridized carbons (Fsp3) is 0.308. The normalized spacial score (nSPS) is 10.3. The van der Waals surface area contributed by atoms with E-state index >= 15 is 0 Å². The number of benzene rings is 1. The van der Waals surface area contributed by atoms with Gasteiger partial charge in [-0.1, -0.05) is 0 Å². The van der Waals surface area contributed by atoms with Gasteiger partial charge in [0.1, 0.15) is 11.6 Å². The van der Waals surface area contributed by atoms with E-state index in [0.29, 0.717) is 22.8 Å². The molecule has 0 aliphatic rings. The fourth-order valence-electron chi connectivity index (χ4n) is 1.83. The molecule has 0 atom stereocenters. The molecular weight excluding hydrogens is 276 g/mol. The molecule has 2 rings (SSSR count). The van der Waals surface area contributed by atoms with Gasteiger partial charge in [0.2, 0.25) is 5.91 Å². The Morgan fingerprint density at radius 2 is 2.15 bits per heavy atom. The van der Waals surface area contributed by atoms with Crippen LogP contribution in [0.25, 0.3) is 0 Å². The molecule has 0 unspecified atom stereocenters. The maximum absolute atomic E-state index is 12.0. The van der Waals surface area contributed by atoms with Crippen LogP contribution in [0.15, 0.2) is 24.3 Å². The van der Waals surface area contributed by atoms with Crippen LogP contribution in [0.3, 0.4) is 0 Å². The van der Waals surface area contributed by atoms with Gasteiger partial charge in [-0.2, -0.15) is 5.10 Å². The molecule has 1 aromatic carbocycles. The summed E-state index contributed by atoms with van der Waals surface area (Å²) in [6, 6.07) is 7.15. The van der Waals surface area contributed by atoms with Crippen molar-refractivity contribution in [2.45, 2.75) is 19.9 Å². The molecule has 1 heterocycles. The van der Waals surface area contributed by atoms with E-state index < -0.39 is 0 Å². The highest BCUT2D eigenvalue weighted by Gasteiger charge is 2.10. The summed E-state index contributed by atoms with van der Waals surface area (Å²) in [4.78, 5) is 12.0. The lowest BCUT2D eigenvalue weighted by Crippen LogP contribution is -2.17. The average Bonchev–Trinajstić information content (AvgIpc) is 2.79. The number of H-pyrrole nitrogens is 1. The second-order valence-electron chi connectivity index (χ2n) is 4.14. The molecule has 106 valence electrons. The van der Waals surface area contributed by atoms with Gasteiger partial charge < -0.3 is 14.6 Å². The SMILES string of the molecule is CCn1c(CC(=O)Nc2ccc(OC)cc2)n[nH]c1=S. The van der Waals surface area contributed by atoms with E-state index in [4.69, 9.17) is 17.0 Å². The van der Waals surface area contributed by atoms with Crippen LogP contribution in [0, 0.1) is 4.77 Å². The summed E-state index contributed by atoms with van der Waals surface area (Å²) < 4.78 is 7.38. The van der Waals surface area contributed by atoms with Crippen molar-refractivity contribution in [3.8, 4) is 5.75 Å². The van der Waals surface area contributed by atoms with E-state index in [1.54, 1.807) is 35.9 Å². The van der Waals surface area contributed by atoms with Gasteiger partial charge in [-0.25, -0.2) is 0 Å². The number of nitrogens with zero attached hydrogens (tertiary/aromatic N) is 2. The highest BCUT2D eigenvalue weighted by atomic mass is 32.1. The topological polar surface area (TPSA) is 71.9 Å². The lowest BCUT2D eigenvalue weighted by Gasteiger charge is -2.06. The maximum atomic E-state index is 12.0. The molecule has 0 spiro atoms. The molecular formula is C13H16N4O2S. The van der Waals surface area contributed by atoms with Crippen molar-refractivity contribution in [1.29, 1.82) is 0 Å². The van der Waals surface area contributed by atoms with Crippen LogP contribution >= 0.6 is 12.2 Å². The number of ether oxygens (including phenoxy) is 1. The molecule has 20 heavy (non-hydrogen) atoms. The Kier molecular flexibility index (Phi) is 4.52. The molecule has 0 radical (unpaired) electrons. The summed E-state index contributed by atoms with van der Waals surface area (Å²) in [6.45, 7) is 2.64. The number of carbonyl (C=O) groups is 1. The van der Waals surface area contributed by atoms with Gasteiger partial charge in [0.15, 0.2) is 4.77 Å². The van der Waals surface area contributed by atoms with Crippen molar-refractivity contribution in [2.24, 2.45) is 0 Å². The third-order valence-corrected chi connectivity index (χ3v) is 3.16.